The molecule has 5 heteroatoms. The molecule has 4 aliphatic rings. The number of hydrogen-bond acceptors (Lipinski definition) is 4. The van der Waals surface area contributed by atoms with E-state index in [2.05, 4.69) is 36.7 Å². The summed E-state index contributed by atoms with van der Waals surface area (Å²) in [6, 6.07) is 0. The molecular formula is C25H39BrO4. The maximum Gasteiger partial charge on any atom is 0.305 e. The van der Waals surface area contributed by atoms with E-state index < -0.39 is 5.60 Å². The molecule has 1 spiro atoms. The Hall–Kier alpha value is -0.420. The molecule has 0 radical (unpaired) electrons. The normalized spacial score (nSPS) is 46.9. The topological polar surface area (TPSA) is 52.6 Å². The van der Waals surface area contributed by atoms with Crippen molar-refractivity contribution in [3.8, 4) is 0 Å². The highest BCUT2D eigenvalue weighted by Crippen LogP contribution is 2.65. The van der Waals surface area contributed by atoms with Crippen LogP contribution in [0.2, 0.25) is 0 Å². The fourth-order valence-corrected chi connectivity index (χ4v) is 8.98. The Morgan fingerprint density at radius 2 is 1.97 bits per heavy atom. The van der Waals surface area contributed by atoms with Crippen LogP contribution >= 0.6 is 15.9 Å². The summed E-state index contributed by atoms with van der Waals surface area (Å²) in [6.07, 6.45) is 10.4. The molecule has 2 bridgehead atoms. The van der Waals surface area contributed by atoms with Gasteiger partial charge in [-0.25, -0.2) is 0 Å². The summed E-state index contributed by atoms with van der Waals surface area (Å²) in [5.41, 5.74) is -0.632. The van der Waals surface area contributed by atoms with Gasteiger partial charge in [-0.2, -0.15) is 0 Å². The third-order valence-electron chi connectivity index (χ3n) is 9.47. The number of hydrogen-bond donors (Lipinski definition) is 0. The predicted octanol–water partition coefficient (Wildman–Crippen LogP) is 5.70. The van der Waals surface area contributed by atoms with Crippen molar-refractivity contribution in [1.82, 2.24) is 0 Å². The van der Waals surface area contributed by atoms with Gasteiger partial charge >= 0.3 is 5.97 Å². The molecule has 2 aliphatic carbocycles. The van der Waals surface area contributed by atoms with Crippen molar-refractivity contribution in [3.63, 3.8) is 0 Å². The van der Waals surface area contributed by atoms with E-state index >= 15 is 0 Å². The maximum atomic E-state index is 14.0. The quantitative estimate of drug-likeness (QED) is 0.380. The van der Waals surface area contributed by atoms with Crippen molar-refractivity contribution in [2.45, 2.75) is 102 Å². The van der Waals surface area contributed by atoms with Gasteiger partial charge in [0.1, 0.15) is 5.60 Å². The number of carbonyl (C=O) groups excluding carboxylic acids is 2. The summed E-state index contributed by atoms with van der Waals surface area (Å²) in [4.78, 5) is 25.6. The van der Waals surface area contributed by atoms with Gasteiger partial charge < -0.3 is 9.47 Å². The van der Waals surface area contributed by atoms with E-state index in [1.54, 1.807) is 0 Å². The lowest BCUT2D eigenvalue weighted by molar-refractivity contribution is -0.211. The van der Waals surface area contributed by atoms with Gasteiger partial charge in [0.05, 0.1) is 18.0 Å². The molecule has 2 saturated carbocycles. The van der Waals surface area contributed by atoms with E-state index in [1.807, 2.05) is 0 Å². The molecule has 0 aromatic carbocycles. The van der Waals surface area contributed by atoms with E-state index in [1.165, 1.54) is 20.0 Å². The van der Waals surface area contributed by atoms with Crippen molar-refractivity contribution in [2.24, 2.45) is 35.0 Å². The fourth-order valence-electron chi connectivity index (χ4n) is 7.91. The van der Waals surface area contributed by atoms with Gasteiger partial charge in [-0.1, -0.05) is 43.1 Å². The Bertz CT molecular complexity index is 680. The van der Waals surface area contributed by atoms with E-state index in [9.17, 15) is 9.59 Å². The van der Waals surface area contributed by atoms with Crippen LogP contribution in [0.1, 0.15) is 85.0 Å². The second-order valence-corrected chi connectivity index (χ2v) is 11.9. The van der Waals surface area contributed by atoms with Crippen LogP contribution in [0.15, 0.2) is 0 Å². The number of alkyl halides is 1. The summed E-state index contributed by atoms with van der Waals surface area (Å²) >= 11 is 3.94. The van der Waals surface area contributed by atoms with Crippen molar-refractivity contribution >= 4 is 27.7 Å². The average molecular weight is 483 g/mol. The minimum Gasteiger partial charge on any atom is -0.469 e. The van der Waals surface area contributed by atoms with Crippen molar-refractivity contribution < 1.29 is 19.1 Å². The summed E-state index contributed by atoms with van der Waals surface area (Å²) in [7, 11) is 1.46. The molecule has 170 valence electrons. The molecule has 2 heterocycles. The van der Waals surface area contributed by atoms with Crippen molar-refractivity contribution in [2.75, 3.05) is 7.11 Å². The zero-order valence-corrected chi connectivity index (χ0v) is 20.7. The standard InChI is InChI=1S/C25H39BrO4/c1-15-7-9-20-19-11-10-18(16(2)8-12-21(27)29-4)24(19,3)22(26)23(28)25(20)13-5-6-17(14-15)30-25/h15-20,22H,5-14H2,1-4H3/t15-,16-,17-,18-,19+,20-,22-,24+,25+/m1/s1. The number of ether oxygens (including phenoxy) is 2. The third-order valence-corrected chi connectivity index (χ3v) is 10.9. The zero-order chi connectivity index (χ0) is 21.7. The van der Waals surface area contributed by atoms with Crippen molar-refractivity contribution in [3.05, 3.63) is 0 Å². The lowest BCUT2D eigenvalue weighted by Crippen LogP contribution is -2.67. The second-order valence-electron chi connectivity index (χ2n) is 11.0. The largest absolute Gasteiger partial charge is 0.469 e. The lowest BCUT2D eigenvalue weighted by atomic mass is 9.52. The van der Waals surface area contributed by atoms with Crippen LogP contribution in [0.25, 0.3) is 0 Å². The van der Waals surface area contributed by atoms with Crippen LogP contribution in [0.4, 0.5) is 0 Å². The highest BCUT2D eigenvalue weighted by molar-refractivity contribution is 9.10. The summed E-state index contributed by atoms with van der Waals surface area (Å²) < 4.78 is 11.6. The summed E-state index contributed by atoms with van der Waals surface area (Å²) in [5.74, 6) is 2.55. The summed E-state index contributed by atoms with van der Waals surface area (Å²) in [5, 5.41) is 0. The van der Waals surface area contributed by atoms with Crippen LogP contribution in [0.5, 0.6) is 0 Å². The Kier molecular flexibility index (Phi) is 6.45. The molecular weight excluding hydrogens is 444 g/mol. The number of methoxy groups -OCH3 is 1. The molecule has 9 atom stereocenters. The van der Waals surface area contributed by atoms with Gasteiger partial charge in [0.2, 0.25) is 0 Å². The third kappa shape index (κ3) is 3.50. The molecule has 0 unspecified atom stereocenters. The van der Waals surface area contributed by atoms with Crippen LogP contribution in [-0.4, -0.2) is 35.4 Å². The minimum atomic E-state index is -0.564. The molecule has 0 N–H and O–H groups in total. The van der Waals surface area contributed by atoms with E-state index in [0.717, 1.165) is 44.9 Å². The van der Waals surface area contributed by atoms with E-state index in [0.29, 0.717) is 41.8 Å². The molecule has 0 aromatic rings. The number of halogens is 1. The predicted molar refractivity (Wildman–Crippen MR) is 120 cm³/mol. The number of ketones is 1. The van der Waals surface area contributed by atoms with Crippen molar-refractivity contribution in [1.29, 1.82) is 0 Å². The molecule has 30 heavy (non-hydrogen) atoms. The SMILES string of the molecule is COC(=O)CC[C@@H](C)[C@H]1CC[C@H]2[C@H]3CC[C@@H](C)C[C@H]4CCC[C@@]3(O4)C(=O)[C@@H](Br)[C@@]12C. The van der Waals surface area contributed by atoms with Gasteiger partial charge in [0.25, 0.3) is 0 Å². The van der Waals surface area contributed by atoms with Gasteiger partial charge in [-0.3, -0.25) is 9.59 Å². The first-order chi connectivity index (χ1) is 14.2. The zero-order valence-electron chi connectivity index (χ0n) is 19.1. The van der Waals surface area contributed by atoms with E-state index in [-0.39, 0.29) is 22.3 Å². The molecule has 2 saturated heterocycles. The number of fused-ring (bicyclic) bond motifs is 3. The number of Topliss-reactive ketones (excluding diaryl/α,β-unsaturated/α-hetero) is 1. The van der Waals surface area contributed by atoms with Gasteiger partial charge in [0.15, 0.2) is 5.78 Å². The molecule has 0 aromatic heterocycles. The highest BCUT2D eigenvalue weighted by atomic mass is 79.9. The Labute approximate surface area is 190 Å². The van der Waals surface area contributed by atoms with Gasteiger partial charge in [0, 0.05) is 6.42 Å². The summed E-state index contributed by atoms with van der Waals surface area (Å²) in [6.45, 7) is 6.98. The van der Waals surface area contributed by atoms with Crippen LogP contribution in [-0.2, 0) is 19.1 Å². The smallest absolute Gasteiger partial charge is 0.305 e. The Morgan fingerprint density at radius 1 is 1.23 bits per heavy atom. The first kappa shape index (κ1) is 22.8. The van der Waals surface area contributed by atoms with E-state index in [4.69, 9.17) is 9.47 Å². The van der Waals surface area contributed by atoms with Gasteiger partial charge in [-0.15, -0.1) is 0 Å². The molecule has 4 nitrogen and oxygen atoms in total. The average Bonchev–Trinajstić information content (AvgIpc) is 3.08. The molecule has 2 aliphatic heterocycles. The second kappa shape index (κ2) is 8.50. The Balaban J connectivity index is 1.64. The maximum absolute atomic E-state index is 14.0. The molecule has 4 fully saturated rings. The number of rotatable bonds is 4. The lowest BCUT2D eigenvalue weighted by Gasteiger charge is -2.59. The monoisotopic (exact) mass is 482 g/mol. The number of carbonyl (C=O) groups is 2. The van der Waals surface area contributed by atoms with Crippen LogP contribution in [0.3, 0.4) is 0 Å². The number of esters is 1. The molecule has 4 rings (SSSR count). The first-order valence-electron chi connectivity index (χ1n) is 12.2. The van der Waals surface area contributed by atoms with Gasteiger partial charge in [-0.05, 0) is 86.4 Å². The molecule has 0 amide bonds. The van der Waals surface area contributed by atoms with Crippen LogP contribution in [0, 0.1) is 35.0 Å². The minimum absolute atomic E-state index is 0.0682. The first-order valence-corrected chi connectivity index (χ1v) is 13.1. The fraction of sp³-hybridized carbons (Fsp3) is 0.920. The Morgan fingerprint density at radius 3 is 2.70 bits per heavy atom. The van der Waals surface area contributed by atoms with Crippen LogP contribution < -0.4 is 0 Å². The highest BCUT2D eigenvalue weighted by Gasteiger charge is 2.68.